The van der Waals surface area contributed by atoms with Crippen LogP contribution in [0.4, 0.5) is 0 Å². The third kappa shape index (κ3) is 3.59. The van der Waals surface area contributed by atoms with Gasteiger partial charge >= 0.3 is 0 Å². The lowest BCUT2D eigenvalue weighted by atomic mass is 10.0. The van der Waals surface area contributed by atoms with Crippen LogP contribution in [0.5, 0.6) is 0 Å². The fraction of sp³-hybridized carbons (Fsp3) is 0.389. The third-order valence-electron chi connectivity index (χ3n) is 4.15. The Morgan fingerprint density at radius 2 is 2.00 bits per heavy atom. The van der Waals surface area contributed by atoms with Crippen molar-refractivity contribution in [3.63, 3.8) is 0 Å². The maximum atomic E-state index is 12.3. The summed E-state index contributed by atoms with van der Waals surface area (Å²) in [5, 5.41) is 16.5. The van der Waals surface area contributed by atoms with Crippen molar-refractivity contribution in [2.24, 2.45) is 0 Å². The van der Waals surface area contributed by atoms with Crippen LogP contribution in [0.15, 0.2) is 30.3 Å². The summed E-state index contributed by atoms with van der Waals surface area (Å²) in [7, 11) is 0. The van der Waals surface area contributed by atoms with Crippen LogP contribution in [0.3, 0.4) is 0 Å². The average molecular weight is 310 g/mol. The molecule has 0 fully saturated rings. The fourth-order valence-electron chi connectivity index (χ4n) is 2.46. The molecule has 0 saturated heterocycles. The zero-order valence-electron chi connectivity index (χ0n) is 14.1. The monoisotopic (exact) mass is 310 g/mol. The molecule has 0 aliphatic carbocycles. The predicted octanol–water partition coefficient (Wildman–Crippen LogP) is 2.84. The molecule has 0 aliphatic rings. The van der Waals surface area contributed by atoms with E-state index in [4.69, 9.17) is 0 Å². The molecule has 2 aromatic rings. The standard InChI is InChI=1S/C18H22N4O/c1-5-18(4,12-19)20-17(23)11-16-13(2)21-22(14(16)3)15-9-7-6-8-10-15/h6-10H,5,11H2,1-4H3,(H,20,23). The van der Waals surface area contributed by atoms with Gasteiger partial charge in [0.1, 0.15) is 5.54 Å². The lowest BCUT2D eigenvalue weighted by Gasteiger charge is -2.21. The number of benzene rings is 1. The van der Waals surface area contributed by atoms with Crippen molar-refractivity contribution >= 4 is 5.91 Å². The summed E-state index contributed by atoms with van der Waals surface area (Å²) in [4.78, 5) is 12.3. The normalized spacial score (nSPS) is 13.2. The second-order valence-electron chi connectivity index (χ2n) is 5.92. The molecule has 1 atom stereocenters. The van der Waals surface area contributed by atoms with Gasteiger partial charge in [-0.15, -0.1) is 0 Å². The second-order valence-corrected chi connectivity index (χ2v) is 5.92. The summed E-state index contributed by atoms with van der Waals surface area (Å²) >= 11 is 0. The lowest BCUT2D eigenvalue weighted by molar-refractivity contribution is -0.121. The number of carbonyl (C=O) groups excluding carboxylic acids is 1. The van der Waals surface area contributed by atoms with Crippen molar-refractivity contribution in [1.82, 2.24) is 15.1 Å². The smallest absolute Gasteiger partial charge is 0.225 e. The van der Waals surface area contributed by atoms with E-state index in [1.165, 1.54) is 0 Å². The number of aromatic nitrogens is 2. The number of hydrogen-bond donors (Lipinski definition) is 1. The van der Waals surface area contributed by atoms with Crippen LogP contribution < -0.4 is 5.32 Å². The summed E-state index contributed by atoms with van der Waals surface area (Å²) in [6.07, 6.45) is 0.790. The molecular weight excluding hydrogens is 288 g/mol. The van der Waals surface area contributed by atoms with E-state index in [9.17, 15) is 10.1 Å². The summed E-state index contributed by atoms with van der Waals surface area (Å²) in [5.74, 6) is -0.158. The Hall–Kier alpha value is -2.61. The molecule has 1 aromatic heterocycles. The van der Waals surface area contributed by atoms with Gasteiger partial charge in [-0.25, -0.2) is 4.68 Å². The van der Waals surface area contributed by atoms with Gasteiger partial charge in [-0.1, -0.05) is 25.1 Å². The number of rotatable bonds is 5. The molecule has 0 saturated carbocycles. The molecule has 1 amide bonds. The molecule has 120 valence electrons. The molecule has 1 aromatic carbocycles. The van der Waals surface area contributed by atoms with E-state index >= 15 is 0 Å². The van der Waals surface area contributed by atoms with Crippen molar-refractivity contribution in [3.8, 4) is 11.8 Å². The van der Waals surface area contributed by atoms with E-state index in [-0.39, 0.29) is 12.3 Å². The highest BCUT2D eigenvalue weighted by Gasteiger charge is 2.25. The molecule has 0 spiro atoms. The van der Waals surface area contributed by atoms with Gasteiger partial charge in [0.05, 0.1) is 23.9 Å². The number of para-hydroxylation sites is 1. The van der Waals surface area contributed by atoms with Gasteiger partial charge in [-0.2, -0.15) is 10.4 Å². The summed E-state index contributed by atoms with van der Waals surface area (Å²) in [5.41, 5.74) is 2.82. The topological polar surface area (TPSA) is 70.7 Å². The van der Waals surface area contributed by atoms with Crippen LogP contribution in [0, 0.1) is 25.2 Å². The SMILES string of the molecule is CCC(C)(C#N)NC(=O)Cc1c(C)nn(-c2ccccc2)c1C. The number of carbonyl (C=O) groups is 1. The number of amides is 1. The molecule has 23 heavy (non-hydrogen) atoms. The molecule has 1 heterocycles. The van der Waals surface area contributed by atoms with Gasteiger partial charge in [0.15, 0.2) is 0 Å². The maximum Gasteiger partial charge on any atom is 0.225 e. The van der Waals surface area contributed by atoms with E-state index < -0.39 is 5.54 Å². The van der Waals surface area contributed by atoms with E-state index in [0.717, 1.165) is 22.6 Å². The molecule has 5 nitrogen and oxygen atoms in total. The first-order chi connectivity index (χ1) is 10.9. The Morgan fingerprint density at radius 3 is 2.57 bits per heavy atom. The largest absolute Gasteiger partial charge is 0.338 e. The van der Waals surface area contributed by atoms with Crippen LogP contribution in [0.25, 0.3) is 5.69 Å². The zero-order chi connectivity index (χ0) is 17.0. The number of nitrogens with zero attached hydrogens (tertiary/aromatic N) is 3. The van der Waals surface area contributed by atoms with Crippen LogP contribution in [-0.4, -0.2) is 21.2 Å². The van der Waals surface area contributed by atoms with Crippen LogP contribution in [0.2, 0.25) is 0 Å². The number of hydrogen-bond acceptors (Lipinski definition) is 3. The van der Waals surface area contributed by atoms with Gasteiger partial charge in [0.25, 0.3) is 0 Å². The van der Waals surface area contributed by atoms with Crippen molar-refractivity contribution in [2.75, 3.05) is 0 Å². The first-order valence-electron chi connectivity index (χ1n) is 7.73. The molecule has 5 heteroatoms. The second kappa shape index (κ2) is 6.66. The minimum Gasteiger partial charge on any atom is -0.338 e. The fourth-order valence-corrected chi connectivity index (χ4v) is 2.46. The Balaban J connectivity index is 2.24. The molecule has 1 N–H and O–H groups in total. The molecule has 2 rings (SSSR count). The van der Waals surface area contributed by atoms with Crippen LogP contribution in [0.1, 0.15) is 37.2 Å². The predicted molar refractivity (Wildman–Crippen MR) is 89.2 cm³/mol. The lowest BCUT2D eigenvalue weighted by Crippen LogP contribution is -2.45. The van der Waals surface area contributed by atoms with Crippen molar-refractivity contribution in [1.29, 1.82) is 5.26 Å². The van der Waals surface area contributed by atoms with Crippen LogP contribution >= 0.6 is 0 Å². The quantitative estimate of drug-likeness (QED) is 0.923. The number of aryl methyl sites for hydroxylation is 1. The molecule has 0 radical (unpaired) electrons. The Kier molecular flexibility index (Phi) is 4.85. The highest BCUT2D eigenvalue weighted by molar-refractivity contribution is 5.80. The number of nitrogens with one attached hydrogen (secondary N) is 1. The summed E-state index contributed by atoms with van der Waals surface area (Å²) < 4.78 is 1.85. The summed E-state index contributed by atoms with van der Waals surface area (Å²) in [6.45, 7) is 7.47. The summed E-state index contributed by atoms with van der Waals surface area (Å²) in [6, 6.07) is 12.0. The van der Waals surface area contributed by atoms with Gasteiger partial charge in [-0.05, 0) is 39.3 Å². The number of nitriles is 1. The van der Waals surface area contributed by atoms with Crippen molar-refractivity contribution in [3.05, 3.63) is 47.3 Å². The molecule has 1 unspecified atom stereocenters. The first-order valence-corrected chi connectivity index (χ1v) is 7.73. The first kappa shape index (κ1) is 16.8. The van der Waals surface area contributed by atoms with Crippen LogP contribution in [-0.2, 0) is 11.2 Å². The van der Waals surface area contributed by atoms with Gasteiger partial charge < -0.3 is 5.32 Å². The molecular formula is C18H22N4O. The van der Waals surface area contributed by atoms with Crippen molar-refractivity contribution in [2.45, 2.75) is 46.1 Å². The Morgan fingerprint density at radius 1 is 1.35 bits per heavy atom. The van der Waals surface area contributed by atoms with E-state index in [0.29, 0.717) is 6.42 Å². The zero-order valence-corrected chi connectivity index (χ0v) is 14.1. The van der Waals surface area contributed by atoms with E-state index in [2.05, 4.69) is 16.5 Å². The van der Waals surface area contributed by atoms with Gasteiger partial charge in [-0.3, -0.25) is 4.79 Å². The minimum atomic E-state index is -0.825. The van der Waals surface area contributed by atoms with Gasteiger partial charge in [0.2, 0.25) is 5.91 Å². The highest BCUT2D eigenvalue weighted by atomic mass is 16.1. The third-order valence-corrected chi connectivity index (χ3v) is 4.15. The molecule has 0 aliphatic heterocycles. The van der Waals surface area contributed by atoms with E-state index in [1.54, 1.807) is 6.92 Å². The van der Waals surface area contributed by atoms with Gasteiger partial charge in [0, 0.05) is 11.3 Å². The minimum absolute atomic E-state index is 0.158. The molecule has 0 bridgehead atoms. The van der Waals surface area contributed by atoms with E-state index in [1.807, 2.05) is 55.8 Å². The highest BCUT2D eigenvalue weighted by Crippen LogP contribution is 2.19. The average Bonchev–Trinajstić information content (AvgIpc) is 2.83. The van der Waals surface area contributed by atoms with Crippen molar-refractivity contribution < 1.29 is 4.79 Å². The Bertz CT molecular complexity index is 742. The Labute approximate surface area is 136 Å². The maximum absolute atomic E-state index is 12.3.